The van der Waals surface area contributed by atoms with Gasteiger partial charge in [-0.05, 0) is 48.2 Å². The molecule has 0 saturated carbocycles. The van der Waals surface area contributed by atoms with E-state index in [0.29, 0.717) is 32.8 Å². The molecule has 0 atom stereocenters. The maximum absolute atomic E-state index is 13.9. The molecule has 0 aliphatic carbocycles. The molecule has 11 heteroatoms. The van der Waals surface area contributed by atoms with E-state index < -0.39 is 17.0 Å². The minimum atomic E-state index is -0.490. The Labute approximate surface area is 225 Å². The normalized spacial score (nSPS) is 17.3. The number of fused-ring (bicyclic) bond motifs is 1. The number of rotatable bonds is 7. The second kappa shape index (κ2) is 11.1. The molecule has 3 heterocycles. The molecule has 37 heavy (non-hydrogen) atoms. The fourth-order valence-electron chi connectivity index (χ4n) is 4.24. The number of nitrogens with zero attached hydrogens (tertiary/aromatic N) is 3. The van der Waals surface area contributed by atoms with Crippen molar-refractivity contribution >= 4 is 61.7 Å². The zero-order valence-corrected chi connectivity index (χ0v) is 22.1. The lowest BCUT2D eigenvalue weighted by Crippen LogP contribution is -2.46. The van der Waals surface area contributed by atoms with Gasteiger partial charge in [0.1, 0.15) is 13.2 Å². The molecule has 2 aliphatic rings. The van der Waals surface area contributed by atoms with Crippen LogP contribution in [0.2, 0.25) is 0 Å². The van der Waals surface area contributed by atoms with Crippen molar-refractivity contribution in [2.24, 2.45) is 0 Å². The van der Waals surface area contributed by atoms with Gasteiger partial charge in [0.2, 0.25) is 5.91 Å². The number of imide groups is 1. The van der Waals surface area contributed by atoms with Crippen molar-refractivity contribution < 1.29 is 28.2 Å². The molecular formula is C26H23BrFN3O5S. The summed E-state index contributed by atoms with van der Waals surface area (Å²) in [5, 5.41) is 0.400. The van der Waals surface area contributed by atoms with Crippen molar-refractivity contribution in [1.82, 2.24) is 14.4 Å². The minimum Gasteiger partial charge on any atom is -0.489 e. The smallest absolute Gasteiger partial charge is 0.294 e. The van der Waals surface area contributed by atoms with Gasteiger partial charge in [0.05, 0.1) is 24.7 Å². The molecule has 2 fully saturated rings. The number of carbonyl (C=O) groups is 3. The van der Waals surface area contributed by atoms with Crippen LogP contribution in [0.3, 0.4) is 0 Å². The van der Waals surface area contributed by atoms with Gasteiger partial charge in [-0.1, -0.05) is 28.1 Å². The molecule has 2 aliphatic heterocycles. The second-order valence-electron chi connectivity index (χ2n) is 8.48. The molecule has 0 N–H and O–H groups in total. The van der Waals surface area contributed by atoms with E-state index in [1.165, 1.54) is 6.07 Å². The number of hydrogen-bond acceptors (Lipinski definition) is 6. The lowest BCUT2D eigenvalue weighted by atomic mass is 10.1. The van der Waals surface area contributed by atoms with E-state index in [4.69, 9.17) is 9.47 Å². The first kappa shape index (κ1) is 25.5. The summed E-state index contributed by atoms with van der Waals surface area (Å²) in [6.07, 6.45) is 3.54. The lowest BCUT2D eigenvalue weighted by molar-refractivity contribution is -0.139. The molecular weight excluding hydrogens is 565 g/mol. The number of hydrogen-bond donors (Lipinski definition) is 0. The lowest BCUT2D eigenvalue weighted by Gasteiger charge is -2.28. The topological polar surface area (TPSA) is 81.1 Å². The van der Waals surface area contributed by atoms with E-state index >= 15 is 0 Å². The molecule has 8 nitrogen and oxygen atoms in total. The quantitative estimate of drug-likeness (QED) is 0.378. The van der Waals surface area contributed by atoms with Crippen LogP contribution in [0, 0.1) is 5.82 Å². The van der Waals surface area contributed by atoms with Crippen LogP contribution in [-0.4, -0.2) is 70.9 Å². The number of aromatic nitrogens is 1. The number of thioether (sulfide) groups is 1. The summed E-state index contributed by atoms with van der Waals surface area (Å²) in [6.45, 7) is 2.16. The van der Waals surface area contributed by atoms with Gasteiger partial charge in [-0.15, -0.1) is 0 Å². The fraction of sp³-hybridized carbons (Fsp3) is 0.269. The SMILES string of the molecule is O=C(CN1C(=O)S/C(=C\c2cn(CCOc3ccccc3F)c3ccc(Br)cc23)C1=O)N1CCOCC1. The largest absolute Gasteiger partial charge is 0.489 e. The van der Waals surface area contributed by atoms with Crippen molar-refractivity contribution in [3.8, 4) is 5.75 Å². The molecule has 3 aromatic rings. The molecule has 0 spiro atoms. The monoisotopic (exact) mass is 587 g/mol. The van der Waals surface area contributed by atoms with Gasteiger partial charge in [-0.25, -0.2) is 4.39 Å². The number of ether oxygens (including phenoxy) is 2. The summed E-state index contributed by atoms with van der Waals surface area (Å²) >= 11 is 4.31. The highest BCUT2D eigenvalue weighted by Gasteiger charge is 2.37. The van der Waals surface area contributed by atoms with Crippen LogP contribution >= 0.6 is 27.7 Å². The van der Waals surface area contributed by atoms with Crippen LogP contribution in [0.4, 0.5) is 9.18 Å². The second-order valence-corrected chi connectivity index (χ2v) is 10.4. The van der Waals surface area contributed by atoms with E-state index in [0.717, 1.165) is 37.6 Å². The number of carbonyl (C=O) groups excluding carboxylic acids is 3. The van der Waals surface area contributed by atoms with Gasteiger partial charge in [0, 0.05) is 40.2 Å². The maximum Gasteiger partial charge on any atom is 0.294 e. The highest BCUT2D eigenvalue weighted by atomic mass is 79.9. The van der Waals surface area contributed by atoms with E-state index in [1.807, 2.05) is 29.0 Å². The molecule has 2 aromatic carbocycles. The van der Waals surface area contributed by atoms with E-state index in [-0.39, 0.29) is 29.7 Å². The summed E-state index contributed by atoms with van der Waals surface area (Å²) in [5.74, 6) is -1.01. The van der Waals surface area contributed by atoms with Gasteiger partial charge >= 0.3 is 0 Å². The zero-order valence-electron chi connectivity index (χ0n) is 19.7. The number of morpholine rings is 1. The van der Waals surface area contributed by atoms with Gasteiger partial charge in [-0.3, -0.25) is 19.3 Å². The third kappa shape index (κ3) is 5.58. The van der Waals surface area contributed by atoms with Gasteiger partial charge in [-0.2, -0.15) is 0 Å². The van der Waals surface area contributed by atoms with Crippen LogP contribution in [-0.2, 0) is 20.9 Å². The Morgan fingerprint density at radius 3 is 2.73 bits per heavy atom. The maximum atomic E-state index is 13.9. The van der Waals surface area contributed by atoms with E-state index in [2.05, 4.69) is 15.9 Å². The number of amides is 3. The van der Waals surface area contributed by atoms with Crippen LogP contribution in [0.5, 0.6) is 5.75 Å². The molecule has 5 rings (SSSR count). The Balaban J connectivity index is 1.35. The highest BCUT2D eigenvalue weighted by molar-refractivity contribution is 9.10. The van der Waals surface area contributed by atoms with Crippen molar-refractivity contribution in [1.29, 1.82) is 0 Å². The molecule has 0 bridgehead atoms. The Bertz CT molecular complexity index is 1400. The van der Waals surface area contributed by atoms with E-state index in [1.54, 1.807) is 29.2 Å². The Hall–Kier alpha value is -3.15. The van der Waals surface area contributed by atoms with Crippen molar-refractivity contribution in [3.05, 3.63) is 69.4 Å². The van der Waals surface area contributed by atoms with Crippen LogP contribution in [0.25, 0.3) is 17.0 Å². The Morgan fingerprint density at radius 2 is 1.95 bits per heavy atom. The van der Waals surface area contributed by atoms with Gasteiger partial charge in [0.25, 0.3) is 11.1 Å². The third-order valence-electron chi connectivity index (χ3n) is 6.12. The van der Waals surface area contributed by atoms with Crippen molar-refractivity contribution in [3.63, 3.8) is 0 Å². The summed E-state index contributed by atoms with van der Waals surface area (Å²) in [6, 6.07) is 12.0. The molecule has 1 aromatic heterocycles. The van der Waals surface area contributed by atoms with Crippen molar-refractivity contribution in [2.75, 3.05) is 39.5 Å². The zero-order chi connectivity index (χ0) is 25.9. The summed E-state index contributed by atoms with van der Waals surface area (Å²) < 4.78 is 27.6. The Kier molecular flexibility index (Phi) is 7.63. The average Bonchev–Trinajstić information content (AvgIpc) is 3.36. The molecule has 0 unspecified atom stereocenters. The number of para-hydroxylation sites is 1. The minimum absolute atomic E-state index is 0.183. The standard InChI is InChI=1S/C26H23BrFN3O5S/c27-18-5-6-21-19(14-18)17(15-30(21)9-12-36-22-4-2-1-3-20(22)28)13-23-25(33)31(26(34)37-23)16-24(32)29-7-10-35-11-8-29/h1-6,13-15H,7-12,16H2/b23-13-. The third-order valence-corrected chi connectivity index (χ3v) is 7.52. The summed E-state index contributed by atoms with van der Waals surface area (Å²) in [7, 11) is 0. The van der Waals surface area contributed by atoms with Gasteiger partial charge in [0.15, 0.2) is 11.6 Å². The Morgan fingerprint density at radius 1 is 1.16 bits per heavy atom. The van der Waals surface area contributed by atoms with Crippen LogP contribution in [0.15, 0.2) is 58.0 Å². The fourth-order valence-corrected chi connectivity index (χ4v) is 5.43. The molecule has 3 amide bonds. The summed E-state index contributed by atoms with van der Waals surface area (Å²) in [5.41, 5.74) is 1.64. The van der Waals surface area contributed by atoms with Crippen molar-refractivity contribution in [2.45, 2.75) is 6.54 Å². The average molecular weight is 588 g/mol. The van der Waals surface area contributed by atoms with Crippen LogP contribution < -0.4 is 4.74 Å². The molecule has 192 valence electrons. The number of halogens is 2. The van der Waals surface area contributed by atoms with Crippen LogP contribution in [0.1, 0.15) is 5.56 Å². The van der Waals surface area contributed by atoms with Gasteiger partial charge < -0.3 is 18.9 Å². The first-order chi connectivity index (χ1) is 17.9. The predicted octanol–water partition coefficient (Wildman–Crippen LogP) is 4.52. The predicted molar refractivity (Wildman–Crippen MR) is 142 cm³/mol. The molecule has 2 saturated heterocycles. The first-order valence-electron chi connectivity index (χ1n) is 11.7. The first-order valence-corrected chi connectivity index (χ1v) is 13.3. The van der Waals surface area contributed by atoms with E-state index in [9.17, 15) is 18.8 Å². The molecule has 0 radical (unpaired) electrons. The number of benzene rings is 2. The highest BCUT2D eigenvalue weighted by Crippen LogP contribution is 2.35. The summed E-state index contributed by atoms with van der Waals surface area (Å²) in [4.78, 5) is 41.1.